The summed E-state index contributed by atoms with van der Waals surface area (Å²) in [5.41, 5.74) is 1.18. The minimum atomic E-state index is -0.723. The number of nitrogens with one attached hydrogen (secondary N) is 2. The van der Waals surface area contributed by atoms with Crippen molar-refractivity contribution in [3.05, 3.63) is 59.7 Å². The zero-order valence-electron chi connectivity index (χ0n) is 15.6. The maximum Gasteiger partial charge on any atom is 0.344 e. The molecule has 0 radical (unpaired) electrons. The fourth-order valence-electron chi connectivity index (χ4n) is 2.44. The van der Waals surface area contributed by atoms with Gasteiger partial charge in [0.05, 0.1) is 11.3 Å². The van der Waals surface area contributed by atoms with Gasteiger partial charge >= 0.3 is 5.97 Å². The fraction of sp³-hybridized carbons (Fsp3) is 0.238. The number of carbonyl (C=O) groups excluding carboxylic acids is 4. The van der Waals surface area contributed by atoms with E-state index >= 15 is 0 Å². The van der Waals surface area contributed by atoms with E-state index in [0.29, 0.717) is 28.8 Å². The number of amides is 2. The first-order valence-corrected chi connectivity index (χ1v) is 9.08. The number of hydrogen-bond donors (Lipinski definition) is 2. The van der Waals surface area contributed by atoms with Gasteiger partial charge in [0.2, 0.25) is 0 Å². The summed E-state index contributed by atoms with van der Waals surface area (Å²) in [6.45, 7) is -0.890. The molecule has 150 valence electrons. The Bertz CT molecular complexity index is 906. The molecule has 2 N–H and O–H groups in total. The Labute approximate surface area is 167 Å². The molecular formula is C21H20N2O6. The van der Waals surface area contributed by atoms with E-state index in [2.05, 4.69) is 10.6 Å². The van der Waals surface area contributed by atoms with Crippen LogP contribution in [0.25, 0.3) is 0 Å². The zero-order valence-corrected chi connectivity index (χ0v) is 15.6. The van der Waals surface area contributed by atoms with Crippen LogP contribution in [0, 0.1) is 0 Å². The van der Waals surface area contributed by atoms with Gasteiger partial charge in [-0.2, -0.15) is 0 Å². The van der Waals surface area contributed by atoms with Gasteiger partial charge in [0.15, 0.2) is 13.2 Å². The van der Waals surface area contributed by atoms with Crippen molar-refractivity contribution in [3.63, 3.8) is 0 Å². The van der Waals surface area contributed by atoms with Crippen molar-refractivity contribution < 1.29 is 28.7 Å². The summed E-state index contributed by atoms with van der Waals surface area (Å²) in [5.74, 6) is -1.15. The lowest BCUT2D eigenvalue weighted by Gasteiger charge is -2.11. The summed E-state index contributed by atoms with van der Waals surface area (Å²) in [6, 6.07) is 13.0. The molecule has 1 aliphatic rings. The number of benzene rings is 2. The monoisotopic (exact) mass is 396 g/mol. The van der Waals surface area contributed by atoms with Gasteiger partial charge < -0.3 is 20.1 Å². The first kappa shape index (κ1) is 20.1. The van der Waals surface area contributed by atoms with E-state index in [0.717, 1.165) is 12.8 Å². The van der Waals surface area contributed by atoms with E-state index in [4.69, 9.17) is 9.47 Å². The summed E-state index contributed by atoms with van der Waals surface area (Å²) in [5, 5.41) is 5.44. The lowest BCUT2D eigenvalue weighted by Crippen LogP contribution is -2.28. The average molecular weight is 396 g/mol. The third kappa shape index (κ3) is 6.17. The number of esters is 1. The van der Waals surface area contributed by atoms with Crippen LogP contribution in [-0.2, 0) is 14.3 Å². The molecule has 0 unspecified atom stereocenters. The van der Waals surface area contributed by atoms with Gasteiger partial charge in [-0.1, -0.05) is 12.1 Å². The minimum absolute atomic E-state index is 0.196. The second-order valence-electron chi connectivity index (χ2n) is 6.48. The van der Waals surface area contributed by atoms with Crippen molar-refractivity contribution in [2.45, 2.75) is 18.9 Å². The number of carbonyl (C=O) groups is 4. The molecule has 0 atom stereocenters. The molecule has 1 saturated carbocycles. The van der Waals surface area contributed by atoms with Gasteiger partial charge in [0.25, 0.3) is 11.8 Å². The average Bonchev–Trinajstić information content (AvgIpc) is 3.55. The summed E-state index contributed by atoms with van der Waals surface area (Å²) < 4.78 is 10.1. The number of hydrogen-bond acceptors (Lipinski definition) is 6. The maximum atomic E-state index is 12.2. The molecule has 1 fully saturated rings. The molecule has 29 heavy (non-hydrogen) atoms. The van der Waals surface area contributed by atoms with Crippen LogP contribution in [0.15, 0.2) is 48.5 Å². The molecule has 1 aliphatic carbocycles. The number of ether oxygens (including phenoxy) is 2. The third-order valence-electron chi connectivity index (χ3n) is 4.10. The lowest BCUT2D eigenvalue weighted by atomic mass is 10.1. The standard InChI is InChI=1S/C21H20N2O6/c24-11-14-5-9-16(10-6-14)28-13-20(26)29-12-19(25)23-18-4-2-1-3-17(18)21(27)22-15-7-8-15/h1-6,9-11,15H,7-8,12-13H2,(H,22,27)(H,23,25). The Morgan fingerprint density at radius 1 is 1.00 bits per heavy atom. The maximum absolute atomic E-state index is 12.2. The van der Waals surface area contributed by atoms with Gasteiger partial charge in [-0.05, 0) is 49.2 Å². The van der Waals surface area contributed by atoms with E-state index in [1.807, 2.05) is 0 Å². The molecular weight excluding hydrogens is 376 g/mol. The Kier molecular flexibility index (Phi) is 6.57. The Morgan fingerprint density at radius 2 is 1.72 bits per heavy atom. The highest BCUT2D eigenvalue weighted by atomic mass is 16.6. The summed E-state index contributed by atoms with van der Waals surface area (Å²) in [7, 11) is 0. The van der Waals surface area contributed by atoms with E-state index in [1.165, 1.54) is 0 Å². The first-order chi connectivity index (χ1) is 14.0. The second kappa shape index (κ2) is 9.50. The van der Waals surface area contributed by atoms with Gasteiger partial charge in [-0.15, -0.1) is 0 Å². The van der Waals surface area contributed by atoms with E-state index in [1.54, 1.807) is 48.5 Å². The van der Waals surface area contributed by atoms with Crippen LogP contribution >= 0.6 is 0 Å². The molecule has 2 aromatic rings. The lowest BCUT2D eigenvalue weighted by molar-refractivity contribution is -0.149. The molecule has 3 rings (SSSR count). The van der Waals surface area contributed by atoms with Crippen molar-refractivity contribution in [1.82, 2.24) is 5.32 Å². The van der Waals surface area contributed by atoms with Crippen LogP contribution in [0.5, 0.6) is 5.75 Å². The van der Waals surface area contributed by atoms with Gasteiger partial charge in [-0.3, -0.25) is 14.4 Å². The number of aldehydes is 1. The van der Waals surface area contributed by atoms with Crippen LogP contribution in [-0.4, -0.2) is 43.3 Å². The zero-order chi connectivity index (χ0) is 20.6. The van der Waals surface area contributed by atoms with Crippen LogP contribution in [0.1, 0.15) is 33.6 Å². The number of anilines is 1. The molecule has 2 amide bonds. The topological polar surface area (TPSA) is 111 Å². The molecule has 0 spiro atoms. The second-order valence-corrected chi connectivity index (χ2v) is 6.48. The molecule has 0 heterocycles. The quantitative estimate of drug-likeness (QED) is 0.495. The van der Waals surface area contributed by atoms with E-state index in [9.17, 15) is 19.2 Å². The van der Waals surface area contributed by atoms with Crippen molar-refractivity contribution >= 4 is 29.8 Å². The Balaban J connectivity index is 1.45. The minimum Gasteiger partial charge on any atom is -0.482 e. The third-order valence-corrected chi connectivity index (χ3v) is 4.10. The number of rotatable bonds is 9. The highest BCUT2D eigenvalue weighted by Gasteiger charge is 2.25. The highest BCUT2D eigenvalue weighted by molar-refractivity contribution is 6.04. The number of para-hydroxylation sites is 1. The van der Waals surface area contributed by atoms with Crippen molar-refractivity contribution in [1.29, 1.82) is 0 Å². The summed E-state index contributed by atoms with van der Waals surface area (Å²) >= 11 is 0. The van der Waals surface area contributed by atoms with Gasteiger partial charge in [-0.25, -0.2) is 4.79 Å². The predicted octanol–water partition coefficient (Wildman–Crippen LogP) is 1.95. The Hall–Kier alpha value is -3.68. The molecule has 0 aliphatic heterocycles. The molecule has 8 nitrogen and oxygen atoms in total. The molecule has 0 bridgehead atoms. The molecule has 0 aromatic heterocycles. The SMILES string of the molecule is O=Cc1ccc(OCC(=O)OCC(=O)Nc2ccccc2C(=O)NC2CC2)cc1. The van der Waals surface area contributed by atoms with E-state index in [-0.39, 0.29) is 18.6 Å². The van der Waals surface area contributed by atoms with Crippen LogP contribution < -0.4 is 15.4 Å². The largest absolute Gasteiger partial charge is 0.482 e. The summed E-state index contributed by atoms with van der Waals surface area (Å²) in [4.78, 5) is 46.7. The molecule has 0 saturated heterocycles. The Morgan fingerprint density at radius 3 is 2.41 bits per heavy atom. The summed E-state index contributed by atoms with van der Waals surface area (Å²) in [6.07, 6.45) is 2.61. The van der Waals surface area contributed by atoms with Crippen molar-refractivity contribution in [2.24, 2.45) is 0 Å². The molecule has 8 heteroatoms. The highest BCUT2D eigenvalue weighted by Crippen LogP contribution is 2.21. The van der Waals surface area contributed by atoms with Gasteiger partial charge in [0, 0.05) is 11.6 Å². The fourth-order valence-corrected chi connectivity index (χ4v) is 2.44. The normalized spacial score (nSPS) is 12.6. The predicted molar refractivity (Wildman–Crippen MR) is 104 cm³/mol. The van der Waals surface area contributed by atoms with Crippen LogP contribution in [0.2, 0.25) is 0 Å². The van der Waals surface area contributed by atoms with E-state index < -0.39 is 18.5 Å². The van der Waals surface area contributed by atoms with Crippen LogP contribution in [0.3, 0.4) is 0 Å². The van der Waals surface area contributed by atoms with Gasteiger partial charge in [0.1, 0.15) is 12.0 Å². The smallest absolute Gasteiger partial charge is 0.344 e. The van der Waals surface area contributed by atoms with Crippen molar-refractivity contribution in [3.8, 4) is 5.75 Å². The van der Waals surface area contributed by atoms with Crippen LogP contribution in [0.4, 0.5) is 5.69 Å². The van der Waals surface area contributed by atoms with Crippen molar-refractivity contribution in [2.75, 3.05) is 18.5 Å². The molecule has 2 aromatic carbocycles. The first-order valence-electron chi connectivity index (χ1n) is 9.08.